The average molecular weight is 245 g/mol. The molecule has 0 N–H and O–H groups in total. The number of thioether (sulfide) groups is 1. The zero-order valence-corrected chi connectivity index (χ0v) is 11.3. The molecule has 0 fully saturated rings. The molecule has 0 amide bonds. The largest absolute Gasteiger partial charge is 0.462 e. The summed E-state index contributed by atoms with van der Waals surface area (Å²) >= 11 is 1.34. The Morgan fingerprint density at radius 2 is 2.25 bits per heavy atom. The lowest BCUT2D eigenvalue weighted by atomic mass is 9.87. The maximum absolute atomic E-state index is 11.8. The molecule has 1 aliphatic heterocycles. The lowest BCUT2D eigenvalue weighted by molar-refractivity contribution is -0.158. The van der Waals surface area contributed by atoms with Gasteiger partial charge >= 0.3 is 5.97 Å². The average Bonchev–Trinajstić information content (AvgIpc) is 2.63. The molecule has 0 spiro atoms. The second kappa shape index (κ2) is 4.65. The van der Waals surface area contributed by atoms with Crippen molar-refractivity contribution in [1.29, 1.82) is 0 Å². The van der Waals surface area contributed by atoms with Crippen LogP contribution in [0.4, 0.5) is 0 Å². The van der Waals surface area contributed by atoms with Crippen LogP contribution in [0.3, 0.4) is 0 Å². The number of carbonyl (C=O) groups is 1. The minimum absolute atomic E-state index is 0.0794. The Labute approximate surface area is 101 Å². The number of carbonyl (C=O) groups excluding carboxylic acids is 1. The van der Waals surface area contributed by atoms with Gasteiger partial charge in [0.15, 0.2) is 0 Å². The highest BCUT2D eigenvalue weighted by Gasteiger charge is 2.49. The molecule has 1 unspecified atom stereocenters. The number of hydrogen-bond donors (Lipinski definition) is 0. The van der Waals surface area contributed by atoms with E-state index >= 15 is 0 Å². The normalized spacial score (nSPS) is 24.9. The predicted molar refractivity (Wildman–Crippen MR) is 65.5 cm³/mol. The minimum Gasteiger partial charge on any atom is -0.462 e. The number of rotatable bonds is 3. The Bertz CT molecular complexity index is 309. The molecule has 0 aliphatic carbocycles. The fraction of sp³-hybridized carbons (Fsp3) is 0.818. The lowest BCUT2D eigenvalue weighted by Gasteiger charge is -2.23. The second-order valence-electron chi connectivity index (χ2n) is 4.73. The van der Waals surface area contributed by atoms with E-state index < -0.39 is 4.93 Å². The molecular formula is C11H19NO3S. The van der Waals surface area contributed by atoms with Crippen molar-refractivity contribution in [2.75, 3.05) is 12.9 Å². The summed E-state index contributed by atoms with van der Waals surface area (Å²) in [4.78, 5) is 16.2. The van der Waals surface area contributed by atoms with E-state index in [4.69, 9.17) is 9.57 Å². The fourth-order valence-electron chi connectivity index (χ4n) is 1.36. The Hall–Kier alpha value is -0.710. The van der Waals surface area contributed by atoms with E-state index in [2.05, 4.69) is 25.9 Å². The first kappa shape index (κ1) is 13.4. The third-order valence-corrected chi connectivity index (χ3v) is 3.53. The first-order valence-corrected chi connectivity index (χ1v) is 6.56. The summed E-state index contributed by atoms with van der Waals surface area (Å²) in [6.07, 6.45) is 2.33. The van der Waals surface area contributed by atoms with Gasteiger partial charge in [-0.2, -0.15) is 0 Å². The van der Waals surface area contributed by atoms with Gasteiger partial charge in [-0.15, -0.1) is 11.8 Å². The van der Waals surface area contributed by atoms with Crippen molar-refractivity contribution in [2.45, 2.75) is 39.0 Å². The monoisotopic (exact) mass is 245 g/mol. The van der Waals surface area contributed by atoms with Crippen LogP contribution in [0.25, 0.3) is 0 Å². The van der Waals surface area contributed by atoms with Crippen LogP contribution in [-0.4, -0.2) is 29.5 Å². The van der Waals surface area contributed by atoms with Gasteiger partial charge in [0.2, 0.25) is 0 Å². The van der Waals surface area contributed by atoms with E-state index in [0.29, 0.717) is 13.0 Å². The standard InChI is InChI=1S/C11H19NO3S/c1-6-14-9(13)11(16-5)7-8(12-15-11)10(2,3)4/h6-7H2,1-5H3. The lowest BCUT2D eigenvalue weighted by Crippen LogP contribution is -2.38. The van der Waals surface area contributed by atoms with Gasteiger partial charge in [0, 0.05) is 5.41 Å². The number of hydrogen-bond acceptors (Lipinski definition) is 5. The molecule has 4 nitrogen and oxygen atoms in total. The molecule has 1 heterocycles. The van der Waals surface area contributed by atoms with Crippen molar-refractivity contribution in [3.8, 4) is 0 Å². The van der Waals surface area contributed by atoms with Gasteiger partial charge in [-0.1, -0.05) is 25.9 Å². The first-order valence-electron chi connectivity index (χ1n) is 5.33. The van der Waals surface area contributed by atoms with Crippen LogP contribution in [0.1, 0.15) is 34.1 Å². The van der Waals surface area contributed by atoms with Crippen LogP contribution < -0.4 is 0 Å². The second-order valence-corrected chi connectivity index (χ2v) is 5.80. The molecule has 16 heavy (non-hydrogen) atoms. The summed E-state index contributed by atoms with van der Waals surface area (Å²) in [5.41, 5.74) is 0.819. The molecular weight excluding hydrogens is 226 g/mol. The zero-order valence-electron chi connectivity index (χ0n) is 10.5. The van der Waals surface area contributed by atoms with Crippen molar-refractivity contribution >= 4 is 23.4 Å². The van der Waals surface area contributed by atoms with Gasteiger partial charge in [0.1, 0.15) is 0 Å². The molecule has 1 aliphatic rings. The molecule has 0 saturated carbocycles. The van der Waals surface area contributed by atoms with Gasteiger partial charge in [-0.05, 0) is 13.2 Å². The molecule has 5 heteroatoms. The van der Waals surface area contributed by atoms with E-state index in [1.165, 1.54) is 11.8 Å². The molecule has 0 radical (unpaired) electrons. The van der Waals surface area contributed by atoms with E-state index in [1.54, 1.807) is 6.92 Å². The smallest absolute Gasteiger partial charge is 0.364 e. The van der Waals surface area contributed by atoms with Crippen LogP contribution in [0.15, 0.2) is 5.16 Å². The molecule has 0 saturated heterocycles. The van der Waals surface area contributed by atoms with Crippen molar-refractivity contribution in [1.82, 2.24) is 0 Å². The quantitative estimate of drug-likeness (QED) is 0.716. The van der Waals surface area contributed by atoms with Crippen LogP contribution in [0, 0.1) is 5.41 Å². The summed E-state index contributed by atoms with van der Waals surface area (Å²) in [5, 5.41) is 4.03. The first-order chi connectivity index (χ1) is 7.35. The minimum atomic E-state index is -0.974. The summed E-state index contributed by atoms with van der Waals surface area (Å²) in [6, 6.07) is 0. The SMILES string of the molecule is CCOC(=O)C1(SC)CC(C(C)(C)C)=NO1. The molecule has 92 valence electrons. The summed E-state index contributed by atoms with van der Waals surface area (Å²) in [5.74, 6) is -0.342. The van der Waals surface area contributed by atoms with Gasteiger partial charge in [0.25, 0.3) is 4.93 Å². The van der Waals surface area contributed by atoms with E-state index in [9.17, 15) is 4.79 Å². The number of oxime groups is 1. The van der Waals surface area contributed by atoms with E-state index in [0.717, 1.165) is 5.71 Å². The summed E-state index contributed by atoms with van der Waals surface area (Å²) in [6.45, 7) is 8.30. The maximum Gasteiger partial charge on any atom is 0.364 e. The molecule has 1 atom stereocenters. The highest BCUT2D eigenvalue weighted by Crippen LogP contribution is 2.39. The van der Waals surface area contributed by atoms with Gasteiger partial charge in [-0.3, -0.25) is 0 Å². The highest BCUT2D eigenvalue weighted by molar-refractivity contribution is 8.00. The number of ether oxygens (including phenoxy) is 1. The van der Waals surface area contributed by atoms with Crippen molar-refractivity contribution in [2.24, 2.45) is 10.6 Å². The molecule has 0 aromatic heterocycles. The Morgan fingerprint density at radius 3 is 2.62 bits per heavy atom. The molecule has 1 rings (SSSR count). The van der Waals surface area contributed by atoms with Gasteiger partial charge in [0.05, 0.1) is 18.7 Å². The van der Waals surface area contributed by atoms with E-state index in [1.807, 2.05) is 6.26 Å². The molecule has 0 aromatic rings. The van der Waals surface area contributed by atoms with Crippen molar-refractivity contribution < 1.29 is 14.4 Å². The van der Waals surface area contributed by atoms with Gasteiger partial charge < -0.3 is 9.57 Å². The Balaban J connectivity index is 2.79. The van der Waals surface area contributed by atoms with E-state index in [-0.39, 0.29) is 11.4 Å². The topological polar surface area (TPSA) is 47.9 Å². The van der Waals surface area contributed by atoms with Crippen LogP contribution in [0.2, 0.25) is 0 Å². The predicted octanol–water partition coefficient (Wildman–Crippen LogP) is 2.43. The summed E-state index contributed by atoms with van der Waals surface area (Å²) in [7, 11) is 0. The highest BCUT2D eigenvalue weighted by atomic mass is 32.2. The van der Waals surface area contributed by atoms with Crippen LogP contribution in [-0.2, 0) is 14.4 Å². The molecule has 0 aromatic carbocycles. The maximum atomic E-state index is 11.8. The number of esters is 1. The number of nitrogens with zero attached hydrogens (tertiary/aromatic N) is 1. The fourth-order valence-corrected chi connectivity index (χ4v) is 1.98. The van der Waals surface area contributed by atoms with Crippen molar-refractivity contribution in [3.05, 3.63) is 0 Å². The Morgan fingerprint density at radius 1 is 1.62 bits per heavy atom. The Kier molecular flexibility index (Phi) is 3.88. The third-order valence-electron chi connectivity index (χ3n) is 2.49. The molecule has 0 bridgehead atoms. The third kappa shape index (κ3) is 2.51. The zero-order chi connectivity index (χ0) is 12.4. The van der Waals surface area contributed by atoms with Gasteiger partial charge in [-0.25, -0.2) is 4.79 Å². The van der Waals surface area contributed by atoms with Crippen LogP contribution >= 0.6 is 11.8 Å². The summed E-state index contributed by atoms with van der Waals surface area (Å²) < 4.78 is 5.02. The van der Waals surface area contributed by atoms with Crippen molar-refractivity contribution in [3.63, 3.8) is 0 Å². The van der Waals surface area contributed by atoms with Crippen LogP contribution in [0.5, 0.6) is 0 Å².